The molecule has 2 saturated heterocycles. The minimum atomic E-state index is 0.577. The lowest BCUT2D eigenvalue weighted by Gasteiger charge is -2.31. The smallest absolute Gasteiger partial charge is 0.0371 e. The minimum absolute atomic E-state index is 0.577. The monoisotopic (exact) mass is 258 g/mol. The van der Waals surface area contributed by atoms with Crippen LogP contribution >= 0.6 is 0 Å². The van der Waals surface area contributed by atoms with Gasteiger partial charge in [-0.15, -0.1) is 0 Å². The maximum absolute atomic E-state index is 3.71. The van der Waals surface area contributed by atoms with Gasteiger partial charge in [-0.3, -0.25) is 4.90 Å². The van der Waals surface area contributed by atoms with E-state index in [1.54, 1.807) is 0 Å². The van der Waals surface area contributed by atoms with Gasteiger partial charge in [-0.2, -0.15) is 0 Å². The number of piperidine rings is 1. The van der Waals surface area contributed by atoms with Crippen LogP contribution in [0.5, 0.6) is 0 Å². The molecule has 2 heterocycles. The summed E-state index contributed by atoms with van der Waals surface area (Å²) in [6.45, 7) is 8.42. The predicted molar refractivity (Wildman–Crippen MR) is 80.1 cm³/mol. The van der Waals surface area contributed by atoms with Crippen LogP contribution in [0.25, 0.3) is 0 Å². The molecule has 2 aliphatic rings. The minimum Gasteiger partial charge on any atom is -0.312 e. The second-order valence-corrected chi connectivity index (χ2v) is 6.52. The summed E-state index contributed by atoms with van der Waals surface area (Å²) in [5.74, 6) is 1.54. The Bertz CT molecular complexity index is 387. The molecule has 3 atom stereocenters. The fraction of sp³-hybridized carbons (Fsp3) is 0.647. The zero-order valence-corrected chi connectivity index (χ0v) is 12.2. The molecule has 2 nitrogen and oxygen atoms in total. The number of hydrogen-bond acceptors (Lipinski definition) is 2. The molecule has 1 aromatic carbocycles. The second kappa shape index (κ2) is 5.64. The van der Waals surface area contributed by atoms with Crippen LogP contribution in [0, 0.1) is 11.8 Å². The molecule has 19 heavy (non-hydrogen) atoms. The molecule has 0 radical (unpaired) electrons. The summed E-state index contributed by atoms with van der Waals surface area (Å²) in [5.41, 5.74) is 1.48. The zero-order valence-electron chi connectivity index (χ0n) is 12.2. The molecule has 2 aliphatic heterocycles. The lowest BCUT2D eigenvalue weighted by molar-refractivity contribution is 0.185. The van der Waals surface area contributed by atoms with Gasteiger partial charge >= 0.3 is 0 Å². The van der Waals surface area contributed by atoms with Crippen LogP contribution < -0.4 is 5.32 Å². The zero-order chi connectivity index (χ0) is 13.2. The molecule has 1 aromatic rings. The lowest BCUT2D eigenvalue weighted by atomic mass is 9.94. The van der Waals surface area contributed by atoms with E-state index in [9.17, 15) is 0 Å². The quantitative estimate of drug-likeness (QED) is 0.896. The van der Waals surface area contributed by atoms with Gasteiger partial charge in [0, 0.05) is 25.2 Å². The van der Waals surface area contributed by atoms with Crippen LogP contribution in [0.15, 0.2) is 30.3 Å². The van der Waals surface area contributed by atoms with Gasteiger partial charge in [0.05, 0.1) is 0 Å². The van der Waals surface area contributed by atoms with E-state index in [4.69, 9.17) is 0 Å². The van der Waals surface area contributed by atoms with Crippen LogP contribution in [0.4, 0.5) is 0 Å². The Hall–Kier alpha value is -0.860. The van der Waals surface area contributed by atoms with E-state index >= 15 is 0 Å². The van der Waals surface area contributed by atoms with Crippen LogP contribution in [0.2, 0.25) is 0 Å². The maximum Gasteiger partial charge on any atom is 0.0371 e. The molecular weight excluding hydrogens is 232 g/mol. The first-order valence-electron chi connectivity index (χ1n) is 7.78. The van der Waals surface area contributed by atoms with E-state index in [2.05, 4.69) is 54.4 Å². The first-order chi connectivity index (χ1) is 9.25. The van der Waals surface area contributed by atoms with E-state index in [1.165, 1.54) is 38.0 Å². The molecule has 2 fully saturated rings. The van der Waals surface area contributed by atoms with Crippen molar-refractivity contribution in [1.29, 1.82) is 0 Å². The number of nitrogens with one attached hydrogen (secondary N) is 1. The van der Waals surface area contributed by atoms with Crippen LogP contribution in [0.1, 0.15) is 38.3 Å². The molecule has 104 valence electrons. The second-order valence-electron chi connectivity index (χ2n) is 6.52. The summed E-state index contributed by atoms with van der Waals surface area (Å²) in [4.78, 5) is 2.72. The average Bonchev–Trinajstić information content (AvgIpc) is 2.82. The number of likely N-dealkylation sites (tertiary alicyclic amines) is 1. The van der Waals surface area contributed by atoms with E-state index in [-0.39, 0.29) is 0 Å². The first-order valence-corrected chi connectivity index (χ1v) is 7.78. The standard InChI is InChI=1S/C17H26N2/c1-13(2)17(14-7-4-3-5-8-14)19-11-15-9-6-10-18-16(15)12-19/h3-5,7-8,13,15-18H,6,9-12H2,1-2H3/t15-,16+,17?/m0/s1. The highest BCUT2D eigenvalue weighted by Crippen LogP contribution is 2.35. The van der Waals surface area contributed by atoms with Gasteiger partial charge in [-0.25, -0.2) is 0 Å². The summed E-state index contributed by atoms with van der Waals surface area (Å²) in [6.07, 6.45) is 2.76. The van der Waals surface area contributed by atoms with Crippen molar-refractivity contribution in [3.05, 3.63) is 35.9 Å². The Morgan fingerprint density at radius 1 is 1.16 bits per heavy atom. The average molecular weight is 258 g/mol. The predicted octanol–water partition coefficient (Wildman–Crippen LogP) is 3.07. The molecule has 3 rings (SSSR count). The summed E-state index contributed by atoms with van der Waals surface area (Å²) in [5, 5.41) is 3.71. The number of nitrogens with zero attached hydrogens (tertiary/aromatic N) is 1. The third-order valence-corrected chi connectivity index (χ3v) is 4.79. The van der Waals surface area contributed by atoms with Crippen LogP contribution in [-0.2, 0) is 0 Å². The van der Waals surface area contributed by atoms with Gasteiger partial charge in [0.1, 0.15) is 0 Å². The van der Waals surface area contributed by atoms with Crippen molar-refractivity contribution in [2.45, 2.75) is 38.8 Å². The van der Waals surface area contributed by atoms with Crippen molar-refractivity contribution in [2.24, 2.45) is 11.8 Å². The van der Waals surface area contributed by atoms with Crippen LogP contribution in [0.3, 0.4) is 0 Å². The van der Waals surface area contributed by atoms with Crippen molar-refractivity contribution in [3.63, 3.8) is 0 Å². The lowest BCUT2D eigenvalue weighted by Crippen LogP contribution is -2.41. The summed E-state index contributed by atoms with van der Waals surface area (Å²) in [7, 11) is 0. The van der Waals surface area contributed by atoms with Gasteiger partial charge in [-0.1, -0.05) is 44.2 Å². The largest absolute Gasteiger partial charge is 0.312 e. The van der Waals surface area contributed by atoms with Crippen LogP contribution in [-0.4, -0.2) is 30.6 Å². The number of fused-ring (bicyclic) bond motifs is 1. The van der Waals surface area contributed by atoms with Crippen molar-refractivity contribution in [2.75, 3.05) is 19.6 Å². The number of rotatable bonds is 3. The van der Waals surface area contributed by atoms with Gasteiger partial charge in [0.15, 0.2) is 0 Å². The SMILES string of the molecule is CC(C)C(c1ccccc1)N1C[C@@H]2CCCN[C@@H]2C1. The molecular formula is C17H26N2. The topological polar surface area (TPSA) is 15.3 Å². The summed E-state index contributed by atoms with van der Waals surface area (Å²) in [6, 6.07) is 12.4. The Kier molecular flexibility index (Phi) is 3.90. The molecule has 0 bridgehead atoms. The van der Waals surface area contributed by atoms with E-state index in [0.717, 1.165) is 12.0 Å². The molecule has 2 heteroatoms. The molecule has 0 saturated carbocycles. The fourth-order valence-electron chi connectivity index (χ4n) is 3.97. The highest BCUT2D eigenvalue weighted by molar-refractivity contribution is 5.20. The normalized spacial score (nSPS) is 29.4. The molecule has 0 aliphatic carbocycles. The molecule has 0 spiro atoms. The van der Waals surface area contributed by atoms with E-state index in [0.29, 0.717) is 12.0 Å². The van der Waals surface area contributed by atoms with Gasteiger partial charge < -0.3 is 5.32 Å². The highest BCUT2D eigenvalue weighted by Gasteiger charge is 2.38. The molecule has 1 N–H and O–H groups in total. The van der Waals surface area contributed by atoms with Crippen molar-refractivity contribution in [3.8, 4) is 0 Å². The van der Waals surface area contributed by atoms with Gasteiger partial charge in [-0.05, 0) is 36.8 Å². The summed E-state index contributed by atoms with van der Waals surface area (Å²) < 4.78 is 0. The first kappa shape index (κ1) is 13.1. The highest BCUT2D eigenvalue weighted by atomic mass is 15.2. The Balaban J connectivity index is 1.78. The summed E-state index contributed by atoms with van der Waals surface area (Å²) >= 11 is 0. The van der Waals surface area contributed by atoms with Gasteiger partial charge in [0.25, 0.3) is 0 Å². The fourth-order valence-corrected chi connectivity index (χ4v) is 3.97. The Morgan fingerprint density at radius 3 is 2.63 bits per heavy atom. The number of hydrogen-bond donors (Lipinski definition) is 1. The van der Waals surface area contributed by atoms with Crippen molar-refractivity contribution >= 4 is 0 Å². The van der Waals surface area contributed by atoms with E-state index in [1.807, 2.05) is 0 Å². The number of benzene rings is 1. The third kappa shape index (κ3) is 2.70. The van der Waals surface area contributed by atoms with E-state index < -0.39 is 0 Å². The van der Waals surface area contributed by atoms with Gasteiger partial charge in [0.2, 0.25) is 0 Å². The van der Waals surface area contributed by atoms with Crippen molar-refractivity contribution < 1.29 is 0 Å². The molecule has 0 aromatic heterocycles. The molecule has 1 unspecified atom stereocenters. The van der Waals surface area contributed by atoms with Crippen molar-refractivity contribution in [1.82, 2.24) is 10.2 Å². The third-order valence-electron chi connectivity index (χ3n) is 4.79. The Labute approximate surface area is 117 Å². The maximum atomic E-state index is 3.71. The molecule has 0 amide bonds. The Morgan fingerprint density at radius 2 is 1.95 bits per heavy atom.